The minimum absolute atomic E-state index is 0.0949. The van der Waals surface area contributed by atoms with E-state index in [-0.39, 0.29) is 16.6 Å². The van der Waals surface area contributed by atoms with E-state index in [4.69, 9.17) is 4.43 Å². The quantitative estimate of drug-likeness (QED) is 0.756. The lowest BCUT2D eigenvalue weighted by molar-refractivity contribution is 0.0174. The molecule has 0 unspecified atom stereocenters. The Balaban J connectivity index is 4.29. The van der Waals surface area contributed by atoms with Crippen molar-refractivity contribution in [2.75, 3.05) is 6.61 Å². The van der Waals surface area contributed by atoms with Crippen molar-refractivity contribution in [3.8, 4) is 0 Å². The molecule has 0 fully saturated rings. The number of rotatable bonds is 3. The average molecular weight is 232 g/mol. The molecule has 0 aliphatic rings. The van der Waals surface area contributed by atoms with Crippen LogP contribution < -0.4 is 0 Å². The van der Waals surface area contributed by atoms with Gasteiger partial charge in [0.05, 0.1) is 12.7 Å². The lowest BCUT2D eigenvalue weighted by Crippen LogP contribution is -2.44. The lowest BCUT2D eigenvalue weighted by atomic mass is 9.90. The molecule has 2 nitrogen and oxygen atoms in total. The van der Waals surface area contributed by atoms with Crippen molar-refractivity contribution in [3.05, 3.63) is 0 Å². The summed E-state index contributed by atoms with van der Waals surface area (Å²) in [6.07, 6.45) is -0.383. The zero-order chi connectivity index (χ0) is 12.5. The molecule has 1 atom stereocenters. The van der Waals surface area contributed by atoms with Crippen LogP contribution in [0.4, 0.5) is 0 Å². The zero-order valence-electron chi connectivity index (χ0n) is 11.6. The predicted octanol–water partition coefficient (Wildman–Crippen LogP) is 3.42. The molecular weight excluding hydrogens is 204 g/mol. The normalized spacial score (nSPS) is 16.6. The lowest BCUT2D eigenvalue weighted by Gasteiger charge is -2.38. The summed E-state index contributed by atoms with van der Waals surface area (Å²) in [7, 11) is -1.71. The average Bonchev–Trinajstić information content (AvgIpc) is 1.96. The molecule has 0 rings (SSSR count). The molecule has 3 heteroatoms. The third-order valence-corrected chi connectivity index (χ3v) is 7.91. The molecule has 0 heterocycles. The summed E-state index contributed by atoms with van der Waals surface area (Å²) in [5.74, 6) is 0. The van der Waals surface area contributed by atoms with Crippen LogP contribution >= 0.6 is 0 Å². The second-order valence-corrected chi connectivity index (χ2v) is 11.8. The molecule has 0 aromatic rings. The highest BCUT2D eigenvalue weighted by Gasteiger charge is 2.38. The molecule has 0 bridgehead atoms. The van der Waals surface area contributed by atoms with Crippen LogP contribution in [0.3, 0.4) is 0 Å². The van der Waals surface area contributed by atoms with Crippen molar-refractivity contribution in [3.63, 3.8) is 0 Å². The van der Waals surface area contributed by atoms with E-state index in [0.29, 0.717) is 6.61 Å². The van der Waals surface area contributed by atoms with Crippen LogP contribution in [0.15, 0.2) is 0 Å². The number of hydrogen-bond donors (Lipinski definition) is 1. The van der Waals surface area contributed by atoms with Gasteiger partial charge in [0.2, 0.25) is 0 Å². The van der Waals surface area contributed by atoms with Gasteiger partial charge in [-0.25, -0.2) is 0 Å². The van der Waals surface area contributed by atoms with Crippen LogP contribution in [0.5, 0.6) is 0 Å². The summed E-state index contributed by atoms with van der Waals surface area (Å²) >= 11 is 0. The van der Waals surface area contributed by atoms with Crippen molar-refractivity contribution < 1.29 is 9.53 Å². The highest BCUT2D eigenvalue weighted by Crippen LogP contribution is 2.37. The highest BCUT2D eigenvalue weighted by molar-refractivity contribution is 6.74. The maximum atomic E-state index is 9.91. The molecule has 0 saturated carbocycles. The highest BCUT2D eigenvalue weighted by atomic mass is 28.4. The van der Waals surface area contributed by atoms with Gasteiger partial charge in [-0.1, -0.05) is 41.5 Å². The molecule has 0 aliphatic heterocycles. The van der Waals surface area contributed by atoms with E-state index < -0.39 is 8.32 Å². The standard InChI is InChI=1S/C12H28O2Si/c1-11(2,3)10(13)9-14-15(7,8)12(4,5)6/h10,13H,9H2,1-8H3/t10-/m1/s1. The fraction of sp³-hybridized carbons (Fsp3) is 1.00. The zero-order valence-corrected chi connectivity index (χ0v) is 12.6. The minimum atomic E-state index is -1.71. The maximum Gasteiger partial charge on any atom is 0.192 e. The molecule has 0 amide bonds. The Morgan fingerprint density at radius 3 is 1.73 bits per heavy atom. The van der Waals surface area contributed by atoms with Gasteiger partial charge in [-0.2, -0.15) is 0 Å². The fourth-order valence-corrected chi connectivity index (χ4v) is 1.76. The molecular formula is C12H28O2Si. The van der Waals surface area contributed by atoms with E-state index >= 15 is 0 Å². The van der Waals surface area contributed by atoms with Gasteiger partial charge in [0.1, 0.15) is 0 Å². The maximum absolute atomic E-state index is 9.91. The Bertz CT molecular complexity index is 199. The Labute approximate surface area is 96.2 Å². The molecule has 0 aliphatic carbocycles. The van der Waals surface area contributed by atoms with Gasteiger partial charge in [-0.05, 0) is 23.5 Å². The van der Waals surface area contributed by atoms with Crippen LogP contribution in [-0.2, 0) is 4.43 Å². The Morgan fingerprint density at radius 2 is 1.47 bits per heavy atom. The summed E-state index contributed by atoms with van der Waals surface area (Å²) in [5, 5.41) is 10.1. The van der Waals surface area contributed by atoms with E-state index in [2.05, 4.69) is 33.9 Å². The summed E-state index contributed by atoms with van der Waals surface area (Å²) in [6.45, 7) is 17.6. The van der Waals surface area contributed by atoms with Gasteiger partial charge in [0, 0.05) is 0 Å². The molecule has 0 spiro atoms. The first-order chi connectivity index (χ1) is 6.38. The van der Waals surface area contributed by atoms with Gasteiger partial charge in [0.15, 0.2) is 8.32 Å². The second kappa shape index (κ2) is 4.56. The first kappa shape index (κ1) is 15.1. The summed E-state index contributed by atoms with van der Waals surface area (Å²) in [6, 6.07) is 0. The van der Waals surface area contributed by atoms with Gasteiger partial charge in [-0.15, -0.1) is 0 Å². The Morgan fingerprint density at radius 1 is 1.07 bits per heavy atom. The van der Waals surface area contributed by atoms with Crippen molar-refractivity contribution >= 4 is 8.32 Å². The summed E-state index contributed by atoms with van der Waals surface area (Å²) < 4.78 is 5.97. The molecule has 0 radical (unpaired) electrons. The van der Waals surface area contributed by atoms with Gasteiger partial charge < -0.3 is 9.53 Å². The third kappa shape index (κ3) is 4.66. The van der Waals surface area contributed by atoms with E-state index in [1.165, 1.54) is 0 Å². The monoisotopic (exact) mass is 232 g/mol. The van der Waals surface area contributed by atoms with Gasteiger partial charge in [0.25, 0.3) is 0 Å². The van der Waals surface area contributed by atoms with Crippen molar-refractivity contribution in [2.45, 2.75) is 65.8 Å². The molecule has 0 saturated heterocycles. The van der Waals surface area contributed by atoms with Crippen LogP contribution in [0.2, 0.25) is 18.1 Å². The van der Waals surface area contributed by atoms with Crippen LogP contribution in [0, 0.1) is 5.41 Å². The number of aliphatic hydroxyl groups is 1. The van der Waals surface area contributed by atoms with Crippen molar-refractivity contribution in [2.24, 2.45) is 5.41 Å². The molecule has 1 N–H and O–H groups in total. The number of hydrogen-bond acceptors (Lipinski definition) is 2. The molecule has 0 aromatic heterocycles. The van der Waals surface area contributed by atoms with Crippen molar-refractivity contribution in [1.29, 1.82) is 0 Å². The van der Waals surface area contributed by atoms with E-state index in [1.807, 2.05) is 20.8 Å². The second-order valence-electron chi connectivity index (χ2n) is 6.95. The number of aliphatic hydroxyl groups excluding tert-OH is 1. The van der Waals surface area contributed by atoms with Crippen LogP contribution in [0.1, 0.15) is 41.5 Å². The molecule has 0 aromatic carbocycles. The predicted molar refractivity (Wildman–Crippen MR) is 68.6 cm³/mol. The van der Waals surface area contributed by atoms with E-state index in [9.17, 15) is 5.11 Å². The Kier molecular flexibility index (Phi) is 4.60. The third-order valence-electron chi connectivity index (χ3n) is 3.41. The fourth-order valence-electron chi connectivity index (χ4n) is 0.754. The Hall–Kier alpha value is 0.137. The molecule has 92 valence electrons. The van der Waals surface area contributed by atoms with Gasteiger partial charge >= 0.3 is 0 Å². The first-order valence-electron chi connectivity index (χ1n) is 5.70. The van der Waals surface area contributed by atoms with Crippen molar-refractivity contribution in [1.82, 2.24) is 0 Å². The smallest absolute Gasteiger partial charge is 0.192 e. The van der Waals surface area contributed by atoms with Crippen LogP contribution in [0.25, 0.3) is 0 Å². The minimum Gasteiger partial charge on any atom is -0.414 e. The SMILES string of the molecule is CC(C)(C)[C@H](O)CO[Si](C)(C)C(C)(C)C. The van der Waals surface area contributed by atoms with E-state index in [1.54, 1.807) is 0 Å². The molecule has 15 heavy (non-hydrogen) atoms. The van der Waals surface area contributed by atoms with Gasteiger partial charge in [-0.3, -0.25) is 0 Å². The topological polar surface area (TPSA) is 29.5 Å². The van der Waals surface area contributed by atoms with Crippen LogP contribution in [-0.4, -0.2) is 26.1 Å². The van der Waals surface area contributed by atoms with E-state index in [0.717, 1.165) is 0 Å². The largest absolute Gasteiger partial charge is 0.414 e. The first-order valence-corrected chi connectivity index (χ1v) is 8.61. The summed E-state index contributed by atoms with van der Waals surface area (Å²) in [4.78, 5) is 0. The summed E-state index contributed by atoms with van der Waals surface area (Å²) in [5.41, 5.74) is -0.0949.